The molecule has 3 aromatic rings. The Morgan fingerprint density at radius 1 is 0.951 bits per heavy atom. The van der Waals surface area contributed by atoms with Crippen molar-refractivity contribution in [2.24, 2.45) is 9.98 Å². The highest BCUT2D eigenvalue weighted by Crippen LogP contribution is 2.36. The largest absolute Gasteiger partial charge is 0.494 e. The molecule has 7 rings (SSSR count). The number of carbonyl (C=O) groups excluding carboxylic acids is 3. The molecule has 61 heavy (non-hydrogen) atoms. The molecule has 4 saturated heterocycles. The number of para-hydroxylation sites is 1. The molecule has 2 amide bonds. The number of nitrogens with zero attached hydrogens (tertiary/aromatic N) is 7. The number of piperidine rings is 2. The third-order valence-corrected chi connectivity index (χ3v) is 14.1. The van der Waals surface area contributed by atoms with Gasteiger partial charge in [0.1, 0.15) is 22.5 Å². The first-order valence-corrected chi connectivity index (χ1v) is 23.5. The number of hydrogen-bond acceptors (Lipinski definition) is 11. The second-order valence-corrected chi connectivity index (χ2v) is 18.9. The van der Waals surface area contributed by atoms with Crippen LogP contribution < -0.4 is 30.5 Å². The number of aldehydes is 1. The highest BCUT2D eigenvalue weighted by molar-refractivity contribution is 7.64. The van der Waals surface area contributed by atoms with Gasteiger partial charge in [0.25, 0.3) is 0 Å². The number of methoxy groups -OCH3 is 1. The van der Waals surface area contributed by atoms with Crippen LogP contribution in [-0.2, 0) is 9.59 Å². The second-order valence-electron chi connectivity index (χ2n) is 16.2. The van der Waals surface area contributed by atoms with Crippen LogP contribution in [0, 0.1) is 0 Å². The summed E-state index contributed by atoms with van der Waals surface area (Å²) in [5.41, 5.74) is 5.49. The summed E-state index contributed by atoms with van der Waals surface area (Å²) in [6.45, 7) is 20.0. The Bertz CT molecular complexity index is 2190. The summed E-state index contributed by atoms with van der Waals surface area (Å²) in [5.74, 6) is 0.542. The van der Waals surface area contributed by atoms with Crippen molar-refractivity contribution in [3.05, 3.63) is 89.6 Å². The summed E-state index contributed by atoms with van der Waals surface area (Å²) < 4.78 is 5.87. The van der Waals surface area contributed by atoms with Crippen molar-refractivity contribution < 1.29 is 19.1 Å². The number of amides is 2. The van der Waals surface area contributed by atoms with Gasteiger partial charge in [-0.3, -0.25) is 34.5 Å². The van der Waals surface area contributed by atoms with Gasteiger partial charge in [-0.2, -0.15) is 0 Å². The van der Waals surface area contributed by atoms with E-state index in [1.54, 1.807) is 19.1 Å². The van der Waals surface area contributed by atoms with Crippen molar-refractivity contribution in [1.29, 1.82) is 0 Å². The van der Waals surface area contributed by atoms with Gasteiger partial charge in [0.05, 0.1) is 7.11 Å². The number of piperazine rings is 1. The Morgan fingerprint density at radius 2 is 1.66 bits per heavy atom. The van der Waals surface area contributed by atoms with E-state index in [1.807, 2.05) is 42.5 Å². The predicted molar refractivity (Wildman–Crippen MR) is 251 cm³/mol. The third-order valence-electron chi connectivity index (χ3n) is 12.5. The first-order chi connectivity index (χ1) is 29.5. The molecular weight excluding hydrogens is 809 g/mol. The van der Waals surface area contributed by atoms with E-state index in [0.29, 0.717) is 57.6 Å². The molecule has 4 aliphatic rings. The molecule has 1 atom stereocenters. The average molecular weight is 866 g/mol. The fourth-order valence-electron chi connectivity index (χ4n) is 8.93. The van der Waals surface area contributed by atoms with Gasteiger partial charge in [0, 0.05) is 124 Å². The van der Waals surface area contributed by atoms with E-state index < -0.39 is 6.04 Å². The lowest BCUT2D eigenvalue weighted by molar-refractivity contribution is -0.136. The molecule has 322 valence electrons. The molecule has 13 nitrogen and oxygen atoms in total. The van der Waals surface area contributed by atoms with Gasteiger partial charge in [-0.15, -0.1) is 0 Å². The first-order valence-electron chi connectivity index (χ1n) is 20.9. The third kappa shape index (κ3) is 9.86. The number of ether oxygens (including phenoxy) is 1. The van der Waals surface area contributed by atoms with E-state index in [4.69, 9.17) is 21.3 Å². The molecule has 0 spiro atoms. The summed E-state index contributed by atoms with van der Waals surface area (Å²) in [4.78, 5) is 57.3. The van der Waals surface area contributed by atoms with E-state index in [-0.39, 0.29) is 26.2 Å². The van der Waals surface area contributed by atoms with Crippen molar-refractivity contribution in [1.82, 2.24) is 20.0 Å². The van der Waals surface area contributed by atoms with Crippen LogP contribution in [0.1, 0.15) is 41.6 Å². The van der Waals surface area contributed by atoms with E-state index >= 15 is 0 Å². The smallest absolute Gasteiger partial charge is 0.249 e. The molecule has 4 aliphatic heterocycles. The van der Waals surface area contributed by atoms with Gasteiger partial charge < -0.3 is 24.8 Å². The number of hydrogen-bond donors (Lipinski definition) is 2. The fraction of sp³-hybridized carbons (Fsp3) is 0.413. The fourth-order valence-corrected chi connectivity index (χ4v) is 10.1. The summed E-state index contributed by atoms with van der Waals surface area (Å²) in [6, 6.07) is 20.6. The Balaban J connectivity index is 0.915. The zero-order valence-electron chi connectivity index (χ0n) is 35.6. The van der Waals surface area contributed by atoms with Crippen LogP contribution >= 0.6 is 19.5 Å². The lowest BCUT2D eigenvalue weighted by Crippen LogP contribution is -2.64. The monoisotopic (exact) mass is 865 g/mol. The van der Waals surface area contributed by atoms with Crippen molar-refractivity contribution in [3.8, 4) is 5.75 Å². The number of likely N-dealkylation sites (N-methyl/N-ethyl adjacent to an activating group) is 1. The number of halogens is 1. The molecule has 4 fully saturated rings. The summed E-state index contributed by atoms with van der Waals surface area (Å²) in [6.07, 6.45) is 5.26. The lowest BCUT2D eigenvalue weighted by Gasteiger charge is -2.51. The Morgan fingerprint density at radius 3 is 2.31 bits per heavy atom. The van der Waals surface area contributed by atoms with Crippen LogP contribution in [0.25, 0.3) is 5.70 Å². The summed E-state index contributed by atoms with van der Waals surface area (Å²) in [5, 5.41) is 7.43. The minimum absolute atomic E-state index is 0.260. The van der Waals surface area contributed by atoms with E-state index in [9.17, 15) is 14.4 Å². The molecule has 0 bridgehead atoms. The minimum Gasteiger partial charge on any atom is -0.494 e. The molecule has 2 N–H and O–H groups in total. The van der Waals surface area contributed by atoms with Crippen molar-refractivity contribution in [3.63, 3.8) is 0 Å². The number of aliphatic imine (C=N–C) groups is 2. The van der Waals surface area contributed by atoms with Crippen LogP contribution in [0.15, 0.2) is 88.5 Å². The number of anilines is 3. The zero-order chi connectivity index (χ0) is 43.2. The lowest BCUT2D eigenvalue weighted by atomic mass is 9.96. The molecule has 0 radical (unpaired) electrons. The molecule has 0 aromatic heterocycles. The Hall–Kier alpha value is -5.07. The van der Waals surface area contributed by atoms with Gasteiger partial charge in [-0.25, -0.2) is 4.99 Å². The van der Waals surface area contributed by atoms with Crippen LogP contribution in [0.5, 0.6) is 5.75 Å². The zero-order valence-corrected chi connectivity index (χ0v) is 37.3. The maximum Gasteiger partial charge on any atom is 0.249 e. The normalized spacial score (nSPS) is 20.0. The number of nitrogens with one attached hydrogen (secondary N) is 2. The van der Waals surface area contributed by atoms with Gasteiger partial charge in [-0.05, 0) is 68.9 Å². The number of benzene rings is 3. The van der Waals surface area contributed by atoms with Crippen LogP contribution in [0.4, 0.5) is 22.7 Å². The maximum absolute atomic E-state index is 12.6. The summed E-state index contributed by atoms with van der Waals surface area (Å²) >= 11 is 6.68. The average Bonchev–Trinajstić information content (AvgIpc) is 3.25. The number of amidine groups is 1. The second kappa shape index (κ2) is 19.8. The highest BCUT2D eigenvalue weighted by Gasteiger charge is 2.37. The standard InChI is InChI=1S/C46H57ClN9O4P/c1-31(52(3)41-16-17-44(58)51-46(41)59)35-10-9-12-40(36(35)30-57)56-28-34(29-56)55-24-22-54(23-25-55)32-18-20-53(21-19-32)33-14-15-38(42(26-33)60-4)49-45(37(47)27-48-2)50-39-11-7-8-13-43(39)61(5)6/h7-15,26-27,30,32,34,41H,1-2,16-25,28-29H2,3-6H3,(H,49,50)(H,51,58,59)/b37-27+. The number of carbonyl (C=O) groups is 3. The molecule has 3 aromatic carbocycles. The van der Waals surface area contributed by atoms with Crippen LogP contribution in [0.2, 0.25) is 0 Å². The quantitative estimate of drug-likeness (QED) is 0.0658. The number of imide groups is 1. The van der Waals surface area contributed by atoms with Crippen LogP contribution in [0.3, 0.4) is 0 Å². The highest BCUT2D eigenvalue weighted by atomic mass is 35.5. The van der Waals surface area contributed by atoms with Gasteiger partial charge in [0.2, 0.25) is 11.8 Å². The van der Waals surface area contributed by atoms with E-state index in [2.05, 4.69) is 80.1 Å². The van der Waals surface area contributed by atoms with Crippen LogP contribution in [-0.4, -0.2) is 143 Å². The number of rotatable bonds is 14. The molecule has 0 saturated carbocycles. The van der Waals surface area contributed by atoms with Gasteiger partial charge in [0.15, 0.2) is 12.1 Å². The van der Waals surface area contributed by atoms with Crippen molar-refractivity contribution in [2.75, 3.05) is 95.0 Å². The minimum atomic E-state index is -0.512. The van der Waals surface area contributed by atoms with Crippen molar-refractivity contribution in [2.45, 2.75) is 43.8 Å². The topological polar surface area (TPSA) is 125 Å². The van der Waals surface area contributed by atoms with Crippen molar-refractivity contribution >= 4 is 83.9 Å². The Kier molecular flexibility index (Phi) is 14.2. The molecule has 15 heteroatoms. The predicted octanol–water partition coefficient (Wildman–Crippen LogP) is 5.98. The van der Waals surface area contributed by atoms with E-state index in [0.717, 1.165) is 88.5 Å². The molecular formula is C46H57ClN9O4P. The molecule has 4 heterocycles. The maximum atomic E-state index is 12.6. The molecule has 1 unspecified atom stereocenters. The first kappa shape index (κ1) is 44.0. The van der Waals surface area contributed by atoms with Gasteiger partial charge in [-0.1, -0.05) is 56.4 Å². The van der Waals surface area contributed by atoms with E-state index in [1.165, 1.54) is 11.5 Å². The van der Waals surface area contributed by atoms with Gasteiger partial charge >= 0.3 is 0 Å². The SMILES string of the molecule is C=N/C=C(/Cl)C(=Nc1ccc(N2CCC(N3CCN(C4CN(c5cccc(C(=C)N(C)C6CCC(=O)NC6=O)c5C=O)C4)CC3)CC2)cc1OC)Nc1ccccc1P(C)C. The Labute approximate surface area is 365 Å². The molecule has 0 aliphatic carbocycles. The summed E-state index contributed by atoms with van der Waals surface area (Å²) in [7, 11) is 3.10.